The van der Waals surface area contributed by atoms with Crippen LogP contribution in [0.25, 0.3) is 39.1 Å². The first-order valence-electron chi connectivity index (χ1n) is 9.70. The third-order valence-electron chi connectivity index (χ3n) is 5.49. The zero-order chi connectivity index (χ0) is 24.4. The summed E-state index contributed by atoms with van der Waals surface area (Å²) < 4.78 is 96.1. The van der Waals surface area contributed by atoms with Crippen LogP contribution in [0.2, 0.25) is 0 Å². The Morgan fingerprint density at radius 2 is 1.71 bits per heavy atom. The average molecular weight is 479 g/mol. The van der Waals surface area contributed by atoms with Crippen LogP contribution in [-0.2, 0) is 12.4 Å². The van der Waals surface area contributed by atoms with Crippen molar-refractivity contribution in [1.82, 2.24) is 24.6 Å². The monoisotopic (exact) mass is 479 g/mol. The van der Waals surface area contributed by atoms with Crippen molar-refractivity contribution in [1.29, 1.82) is 0 Å². The molecule has 5 rings (SSSR count). The Morgan fingerprint density at radius 3 is 2.41 bits per heavy atom. The molecule has 0 unspecified atom stereocenters. The summed E-state index contributed by atoms with van der Waals surface area (Å²) in [6.07, 6.45) is -6.12. The number of H-pyrrole nitrogens is 1. The van der Waals surface area contributed by atoms with Crippen molar-refractivity contribution in [2.24, 2.45) is 0 Å². The van der Waals surface area contributed by atoms with Crippen LogP contribution >= 0.6 is 0 Å². The van der Waals surface area contributed by atoms with E-state index in [1.54, 1.807) is 13.0 Å². The molecular weight excluding hydrogens is 467 g/mol. The largest absolute Gasteiger partial charge is 0.435 e. The first kappa shape index (κ1) is 21.9. The van der Waals surface area contributed by atoms with Gasteiger partial charge in [-0.3, -0.25) is 14.5 Å². The number of aromatic amines is 1. The van der Waals surface area contributed by atoms with E-state index in [-0.39, 0.29) is 28.2 Å². The molecule has 34 heavy (non-hydrogen) atoms. The maximum absolute atomic E-state index is 13.9. The predicted octanol–water partition coefficient (Wildman–Crippen LogP) is 6.42. The van der Waals surface area contributed by atoms with E-state index in [1.807, 2.05) is 0 Å². The first-order valence-corrected chi connectivity index (χ1v) is 9.70. The summed E-state index contributed by atoms with van der Waals surface area (Å²) in [6, 6.07) is 5.32. The maximum atomic E-state index is 13.9. The molecular formula is C22H12F7N5. The molecule has 174 valence electrons. The van der Waals surface area contributed by atoms with Crippen LogP contribution in [0.5, 0.6) is 0 Å². The van der Waals surface area contributed by atoms with Crippen LogP contribution in [-0.4, -0.2) is 24.6 Å². The van der Waals surface area contributed by atoms with Gasteiger partial charge in [-0.15, -0.1) is 0 Å². The van der Waals surface area contributed by atoms with Crippen LogP contribution in [0.4, 0.5) is 30.7 Å². The number of nitrogens with zero attached hydrogens (tertiary/aromatic N) is 4. The van der Waals surface area contributed by atoms with Gasteiger partial charge in [0.05, 0.1) is 34.9 Å². The van der Waals surface area contributed by atoms with Crippen molar-refractivity contribution in [2.75, 3.05) is 0 Å². The van der Waals surface area contributed by atoms with Gasteiger partial charge in [-0.05, 0) is 36.8 Å². The third kappa shape index (κ3) is 3.45. The maximum Gasteiger partial charge on any atom is 0.435 e. The highest BCUT2D eigenvalue weighted by molar-refractivity contribution is 5.89. The van der Waals surface area contributed by atoms with Gasteiger partial charge in [0.1, 0.15) is 5.82 Å². The van der Waals surface area contributed by atoms with E-state index in [4.69, 9.17) is 0 Å². The second kappa shape index (κ2) is 7.27. The Bertz CT molecular complexity index is 1560. The van der Waals surface area contributed by atoms with Gasteiger partial charge < -0.3 is 0 Å². The Morgan fingerprint density at radius 1 is 0.941 bits per heavy atom. The van der Waals surface area contributed by atoms with E-state index in [9.17, 15) is 30.7 Å². The van der Waals surface area contributed by atoms with Gasteiger partial charge in [0.2, 0.25) is 0 Å². The molecule has 5 aromatic rings. The normalized spacial score (nSPS) is 12.7. The summed E-state index contributed by atoms with van der Waals surface area (Å²) in [4.78, 5) is 7.66. The highest BCUT2D eigenvalue weighted by atomic mass is 19.4. The number of imidazole rings is 1. The molecule has 0 radical (unpaired) electrons. The number of aryl methyl sites for hydroxylation is 1. The molecule has 0 aliphatic rings. The minimum Gasteiger partial charge on any atom is -0.296 e. The SMILES string of the molecule is Cc1c(-c2c(C(F)(F)F)nc3cnc(-c4ccc(F)c(C(F)(F)F)c4)cn23)ccc2[nH]ncc12. The number of halogens is 7. The van der Waals surface area contributed by atoms with Gasteiger partial charge in [-0.25, -0.2) is 9.37 Å². The lowest BCUT2D eigenvalue weighted by Crippen LogP contribution is -2.08. The second-order valence-corrected chi connectivity index (χ2v) is 7.57. The van der Waals surface area contributed by atoms with Crippen molar-refractivity contribution in [2.45, 2.75) is 19.3 Å². The number of aromatic nitrogens is 5. The number of rotatable bonds is 2. The van der Waals surface area contributed by atoms with Gasteiger partial charge in [0, 0.05) is 22.7 Å². The number of hydrogen-bond acceptors (Lipinski definition) is 3. The molecule has 0 atom stereocenters. The van der Waals surface area contributed by atoms with Crippen molar-refractivity contribution in [3.63, 3.8) is 0 Å². The summed E-state index contributed by atoms with van der Waals surface area (Å²) in [5.41, 5.74) is -2.02. The fraction of sp³-hybridized carbons (Fsp3) is 0.136. The first-order chi connectivity index (χ1) is 15.9. The summed E-state index contributed by atoms with van der Waals surface area (Å²) in [6.45, 7) is 1.63. The van der Waals surface area contributed by atoms with E-state index in [0.717, 1.165) is 22.9 Å². The van der Waals surface area contributed by atoms with Crippen LogP contribution < -0.4 is 0 Å². The molecule has 0 aliphatic heterocycles. The molecule has 0 bridgehead atoms. The molecule has 1 N–H and O–H groups in total. The lowest BCUT2D eigenvalue weighted by Gasteiger charge is -2.12. The molecule has 3 aromatic heterocycles. The molecule has 0 fully saturated rings. The number of hydrogen-bond donors (Lipinski definition) is 1. The Hall–Kier alpha value is -3.96. The van der Waals surface area contributed by atoms with Crippen LogP contribution in [0.1, 0.15) is 16.8 Å². The van der Waals surface area contributed by atoms with Gasteiger partial charge in [0.15, 0.2) is 11.3 Å². The van der Waals surface area contributed by atoms with E-state index in [1.165, 1.54) is 12.3 Å². The molecule has 12 heteroatoms. The number of alkyl halides is 6. The molecule has 0 amide bonds. The zero-order valence-corrected chi connectivity index (χ0v) is 17.1. The highest BCUT2D eigenvalue weighted by Crippen LogP contribution is 2.40. The second-order valence-electron chi connectivity index (χ2n) is 7.57. The average Bonchev–Trinajstić information content (AvgIpc) is 3.38. The zero-order valence-electron chi connectivity index (χ0n) is 17.1. The topological polar surface area (TPSA) is 58.9 Å². The van der Waals surface area contributed by atoms with Gasteiger partial charge in [0.25, 0.3) is 0 Å². The number of fused-ring (bicyclic) bond motifs is 2. The van der Waals surface area contributed by atoms with Crippen molar-refractivity contribution in [3.8, 4) is 22.5 Å². The Kier molecular flexibility index (Phi) is 4.68. The van der Waals surface area contributed by atoms with E-state index < -0.39 is 29.4 Å². The van der Waals surface area contributed by atoms with Crippen LogP contribution in [0.3, 0.4) is 0 Å². The molecule has 2 aromatic carbocycles. The van der Waals surface area contributed by atoms with Crippen LogP contribution in [0, 0.1) is 12.7 Å². The quantitative estimate of drug-likeness (QED) is 0.297. The molecule has 0 aliphatic carbocycles. The van der Waals surface area contributed by atoms with Crippen molar-refractivity contribution >= 4 is 16.6 Å². The van der Waals surface area contributed by atoms with Gasteiger partial charge in [-0.1, -0.05) is 6.07 Å². The van der Waals surface area contributed by atoms with Crippen molar-refractivity contribution in [3.05, 3.63) is 71.6 Å². The molecule has 0 saturated carbocycles. The molecule has 3 heterocycles. The highest BCUT2D eigenvalue weighted by Gasteiger charge is 2.39. The summed E-state index contributed by atoms with van der Waals surface area (Å²) in [7, 11) is 0. The van der Waals surface area contributed by atoms with E-state index in [2.05, 4.69) is 20.2 Å². The summed E-state index contributed by atoms with van der Waals surface area (Å²) in [5, 5.41) is 7.25. The molecule has 0 spiro atoms. The van der Waals surface area contributed by atoms with Crippen LogP contribution in [0.15, 0.2) is 48.9 Å². The lowest BCUT2D eigenvalue weighted by atomic mass is 10.0. The smallest absolute Gasteiger partial charge is 0.296 e. The van der Waals surface area contributed by atoms with Gasteiger partial charge in [-0.2, -0.15) is 31.4 Å². The lowest BCUT2D eigenvalue weighted by molar-refractivity contribution is -0.141. The van der Waals surface area contributed by atoms with E-state index in [0.29, 0.717) is 28.6 Å². The minimum absolute atomic E-state index is 0.0904. The number of benzene rings is 2. The van der Waals surface area contributed by atoms with E-state index >= 15 is 0 Å². The molecule has 5 nitrogen and oxygen atoms in total. The fourth-order valence-electron chi connectivity index (χ4n) is 3.88. The molecule has 0 saturated heterocycles. The van der Waals surface area contributed by atoms with Gasteiger partial charge >= 0.3 is 12.4 Å². The number of nitrogens with one attached hydrogen (secondary N) is 1. The minimum atomic E-state index is -4.95. The summed E-state index contributed by atoms with van der Waals surface area (Å²) >= 11 is 0. The Labute approximate surface area is 185 Å². The summed E-state index contributed by atoms with van der Waals surface area (Å²) in [5.74, 6) is -1.47. The third-order valence-corrected chi connectivity index (χ3v) is 5.49. The standard InChI is InChI=1S/C22H12F7N5/c1-10-12(3-5-16-13(10)7-31-33-16)19-20(22(27,28)29)32-18-8-30-17(9-34(18)19)11-2-4-15(23)14(6-11)21(24,25)26/h2-9H,1H3,(H,31,33). The fourth-order valence-corrected chi connectivity index (χ4v) is 3.88. The predicted molar refractivity (Wildman–Crippen MR) is 108 cm³/mol. The van der Waals surface area contributed by atoms with Crippen molar-refractivity contribution < 1.29 is 30.7 Å². The Balaban J connectivity index is 1.78.